The van der Waals surface area contributed by atoms with Crippen molar-refractivity contribution in [2.75, 3.05) is 13.1 Å². The van der Waals surface area contributed by atoms with Crippen molar-refractivity contribution < 1.29 is 8.42 Å². The predicted molar refractivity (Wildman–Crippen MR) is 122 cm³/mol. The van der Waals surface area contributed by atoms with Crippen molar-refractivity contribution in [3.8, 4) is 11.3 Å². The van der Waals surface area contributed by atoms with Gasteiger partial charge in [-0.25, -0.2) is 8.42 Å². The summed E-state index contributed by atoms with van der Waals surface area (Å²) >= 11 is 0. The topological polar surface area (TPSA) is 55.2 Å². The molecule has 0 N–H and O–H groups in total. The number of unbranched alkanes of at least 4 members (excludes halogenated alkanes) is 2. The van der Waals surface area contributed by atoms with Crippen LogP contribution in [0, 0.1) is 0 Å². The van der Waals surface area contributed by atoms with Crippen molar-refractivity contribution in [1.29, 1.82) is 0 Å². The van der Waals surface area contributed by atoms with Crippen LogP contribution >= 0.6 is 0 Å². The lowest BCUT2D eigenvalue weighted by atomic mass is 10.2. The van der Waals surface area contributed by atoms with Gasteiger partial charge >= 0.3 is 0 Å². The SMILES string of the molecule is CCCCN(CCCC)S(=O)(=O)c1cn(Cc2ccccc2)nc1-c1ccccc1. The average molecular weight is 426 g/mol. The number of sulfonamides is 1. The number of hydrogen-bond donors (Lipinski definition) is 0. The van der Waals surface area contributed by atoms with Gasteiger partial charge in [0.1, 0.15) is 10.6 Å². The molecule has 3 aromatic rings. The molecule has 0 aliphatic heterocycles. The van der Waals surface area contributed by atoms with Gasteiger partial charge in [-0.1, -0.05) is 87.4 Å². The third-order valence-corrected chi connectivity index (χ3v) is 7.00. The second-order valence-corrected chi connectivity index (χ2v) is 9.41. The van der Waals surface area contributed by atoms with Crippen LogP contribution in [-0.2, 0) is 16.6 Å². The molecule has 0 aliphatic carbocycles. The zero-order valence-corrected chi connectivity index (χ0v) is 18.7. The van der Waals surface area contributed by atoms with Crippen molar-refractivity contribution in [3.05, 3.63) is 72.4 Å². The third-order valence-electron chi connectivity index (χ3n) is 5.10. The number of nitrogens with zero attached hydrogens (tertiary/aromatic N) is 3. The highest BCUT2D eigenvalue weighted by atomic mass is 32.2. The fourth-order valence-corrected chi connectivity index (χ4v) is 5.07. The molecule has 1 heterocycles. The molecule has 0 fully saturated rings. The minimum absolute atomic E-state index is 0.289. The summed E-state index contributed by atoms with van der Waals surface area (Å²) in [5.74, 6) is 0. The van der Waals surface area contributed by atoms with Crippen molar-refractivity contribution in [2.24, 2.45) is 0 Å². The fourth-order valence-electron chi connectivity index (χ4n) is 3.40. The number of aromatic nitrogens is 2. The van der Waals surface area contributed by atoms with Crippen molar-refractivity contribution >= 4 is 10.0 Å². The first-order chi connectivity index (χ1) is 14.6. The van der Waals surface area contributed by atoms with Crippen molar-refractivity contribution in [3.63, 3.8) is 0 Å². The summed E-state index contributed by atoms with van der Waals surface area (Å²) in [5.41, 5.74) is 2.41. The van der Waals surface area contributed by atoms with E-state index in [1.165, 1.54) is 0 Å². The average Bonchev–Trinajstić information content (AvgIpc) is 3.20. The zero-order chi connectivity index (χ0) is 21.4. The number of rotatable bonds is 11. The van der Waals surface area contributed by atoms with Crippen LogP contribution in [-0.4, -0.2) is 35.6 Å². The molecular weight excluding hydrogens is 394 g/mol. The molecule has 6 heteroatoms. The van der Waals surface area contributed by atoms with Gasteiger partial charge in [-0.2, -0.15) is 9.40 Å². The lowest BCUT2D eigenvalue weighted by Crippen LogP contribution is -2.33. The smallest absolute Gasteiger partial charge is 0.246 e. The second-order valence-electron chi connectivity index (χ2n) is 7.50. The molecule has 0 bridgehead atoms. The first-order valence-electron chi connectivity index (χ1n) is 10.7. The predicted octanol–water partition coefficient (Wildman–Crippen LogP) is 5.19. The Bertz CT molecular complexity index is 1010. The molecule has 0 amide bonds. The molecule has 0 saturated carbocycles. The van der Waals surface area contributed by atoms with E-state index in [2.05, 4.69) is 13.8 Å². The molecular formula is C24H31N3O2S. The molecule has 3 rings (SSSR count). The molecule has 5 nitrogen and oxygen atoms in total. The molecule has 2 aromatic carbocycles. The summed E-state index contributed by atoms with van der Waals surface area (Å²) in [6.45, 7) is 5.77. The van der Waals surface area contributed by atoms with Crippen LogP contribution in [0.15, 0.2) is 71.8 Å². The molecule has 0 radical (unpaired) electrons. The van der Waals surface area contributed by atoms with E-state index in [1.54, 1.807) is 15.2 Å². The maximum absolute atomic E-state index is 13.7. The van der Waals surface area contributed by atoms with Crippen LogP contribution < -0.4 is 0 Å². The first kappa shape index (κ1) is 22.2. The van der Waals surface area contributed by atoms with Gasteiger partial charge in [-0.05, 0) is 18.4 Å². The van der Waals surface area contributed by atoms with E-state index in [1.807, 2.05) is 60.7 Å². The van der Waals surface area contributed by atoms with E-state index < -0.39 is 10.0 Å². The molecule has 0 unspecified atom stereocenters. The van der Waals surface area contributed by atoms with Gasteiger partial charge in [0.25, 0.3) is 0 Å². The monoisotopic (exact) mass is 425 g/mol. The summed E-state index contributed by atoms with van der Waals surface area (Å²) in [6.07, 6.45) is 5.30. The normalized spacial score (nSPS) is 11.8. The Hall–Kier alpha value is -2.44. The van der Waals surface area contributed by atoms with Crippen LogP contribution in [0.25, 0.3) is 11.3 Å². The minimum atomic E-state index is -3.65. The summed E-state index contributed by atoms with van der Waals surface area (Å²) in [7, 11) is -3.65. The van der Waals surface area contributed by atoms with Crippen LogP contribution in [0.4, 0.5) is 0 Å². The Morgan fingerprint density at radius 1 is 0.867 bits per heavy atom. The van der Waals surface area contributed by atoms with Gasteiger partial charge < -0.3 is 0 Å². The van der Waals surface area contributed by atoms with E-state index in [-0.39, 0.29) is 4.90 Å². The van der Waals surface area contributed by atoms with E-state index in [0.717, 1.165) is 36.8 Å². The second kappa shape index (κ2) is 10.5. The standard InChI is InChI=1S/C24H31N3O2S/c1-3-5-17-27(18-6-4-2)30(28,29)23-20-26(19-21-13-9-7-10-14-21)25-24(23)22-15-11-8-12-16-22/h7-16,20H,3-6,17-19H2,1-2H3. The van der Waals surface area contributed by atoms with E-state index in [4.69, 9.17) is 5.10 Å². The summed E-state index contributed by atoms with van der Waals surface area (Å²) in [6, 6.07) is 19.5. The molecule has 0 atom stereocenters. The Kier molecular flexibility index (Phi) is 7.82. The van der Waals surface area contributed by atoms with Crippen LogP contribution in [0.1, 0.15) is 45.1 Å². The highest BCUT2D eigenvalue weighted by molar-refractivity contribution is 7.89. The highest BCUT2D eigenvalue weighted by Gasteiger charge is 2.29. The Morgan fingerprint density at radius 2 is 1.43 bits per heavy atom. The van der Waals surface area contributed by atoms with E-state index in [9.17, 15) is 8.42 Å². The maximum atomic E-state index is 13.7. The van der Waals surface area contributed by atoms with Crippen LogP contribution in [0.2, 0.25) is 0 Å². The first-order valence-corrected chi connectivity index (χ1v) is 12.2. The summed E-state index contributed by atoms with van der Waals surface area (Å²) < 4.78 is 30.7. The zero-order valence-electron chi connectivity index (χ0n) is 17.9. The van der Waals surface area contributed by atoms with E-state index >= 15 is 0 Å². The van der Waals surface area contributed by atoms with Crippen molar-refractivity contribution in [1.82, 2.24) is 14.1 Å². The largest absolute Gasteiger partial charge is 0.266 e. The summed E-state index contributed by atoms with van der Waals surface area (Å²) in [4.78, 5) is 0.289. The molecule has 160 valence electrons. The fraction of sp³-hybridized carbons (Fsp3) is 0.375. The van der Waals surface area contributed by atoms with Gasteiger partial charge in [0.2, 0.25) is 10.0 Å². The molecule has 0 aliphatic rings. The summed E-state index contributed by atoms with van der Waals surface area (Å²) in [5, 5.41) is 4.70. The number of hydrogen-bond acceptors (Lipinski definition) is 3. The minimum Gasteiger partial charge on any atom is -0.266 e. The van der Waals surface area contributed by atoms with Gasteiger partial charge in [0, 0.05) is 24.8 Å². The number of benzene rings is 2. The lowest BCUT2D eigenvalue weighted by Gasteiger charge is -2.21. The van der Waals surface area contributed by atoms with Gasteiger partial charge in [-0.15, -0.1) is 0 Å². The quantitative estimate of drug-likeness (QED) is 0.425. The van der Waals surface area contributed by atoms with Crippen molar-refractivity contribution in [2.45, 2.75) is 51.0 Å². The maximum Gasteiger partial charge on any atom is 0.246 e. The molecule has 0 saturated heterocycles. The molecule has 0 spiro atoms. The van der Waals surface area contributed by atoms with Crippen LogP contribution in [0.5, 0.6) is 0 Å². The third kappa shape index (κ3) is 5.37. The van der Waals surface area contributed by atoms with Gasteiger partial charge in [0.05, 0.1) is 6.54 Å². The Balaban J connectivity index is 2.03. The molecule has 30 heavy (non-hydrogen) atoms. The van der Waals surface area contributed by atoms with Gasteiger partial charge in [0.15, 0.2) is 0 Å². The highest BCUT2D eigenvalue weighted by Crippen LogP contribution is 2.29. The Morgan fingerprint density at radius 3 is 2.00 bits per heavy atom. The Labute approximate surface area is 180 Å². The van der Waals surface area contributed by atoms with Gasteiger partial charge in [-0.3, -0.25) is 4.68 Å². The van der Waals surface area contributed by atoms with E-state index in [0.29, 0.717) is 25.3 Å². The lowest BCUT2D eigenvalue weighted by molar-refractivity contribution is 0.395. The van der Waals surface area contributed by atoms with Crippen LogP contribution in [0.3, 0.4) is 0 Å². The molecule has 1 aromatic heterocycles.